The summed E-state index contributed by atoms with van der Waals surface area (Å²) in [7, 11) is 0. The van der Waals surface area contributed by atoms with Crippen LogP contribution in [-0.4, -0.2) is 16.7 Å². The van der Waals surface area contributed by atoms with Gasteiger partial charge in [-0.1, -0.05) is 12.1 Å². The fraction of sp³-hybridized carbons (Fsp3) is 0.118. The standard InChI is InChI=1S/C17H12O5/c1-9-6-11(18)7-10(15(9)19)8-13-16(20)12-4-2-3-5-14(12)22-17(13)21/h2-7,20H,8H2,1H3. The maximum absolute atomic E-state index is 12.1. The highest BCUT2D eigenvalue weighted by Crippen LogP contribution is 2.28. The summed E-state index contributed by atoms with van der Waals surface area (Å²) in [6.07, 6.45) is 2.28. The number of ketones is 2. The van der Waals surface area contributed by atoms with Crippen LogP contribution in [0.4, 0.5) is 0 Å². The molecule has 0 saturated carbocycles. The Bertz CT molecular complexity index is 928. The van der Waals surface area contributed by atoms with Gasteiger partial charge in [0.05, 0.1) is 10.9 Å². The smallest absolute Gasteiger partial charge is 0.343 e. The summed E-state index contributed by atoms with van der Waals surface area (Å²) in [6.45, 7) is 1.54. The molecule has 110 valence electrons. The number of Topliss-reactive ketones (excluding diaryl/α,β-unsaturated/α-hetero) is 1. The predicted molar refractivity (Wildman–Crippen MR) is 79.7 cm³/mol. The second-order valence-electron chi connectivity index (χ2n) is 5.12. The monoisotopic (exact) mass is 296 g/mol. The fourth-order valence-corrected chi connectivity index (χ4v) is 2.46. The fourth-order valence-electron chi connectivity index (χ4n) is 2.46. The molecular formula is C17H12O5. The number of hydrogen-bond acceptors (Lipinski definition) is 5. The van der Waals surface area contributed by atoms with Crippen molar-refractivity contribution < 1.29 is 19.1 Å². The van der Waals surface area contributed by atoms with Crippen LogP contribution in [0.2, 0.25) is 0 Å². The van der Waals surface area contributed by atoms with Crippen molar-refractivity contribution in [3.05, 3.63) is 63.5 Å². The van der Waals surface area contributed by atoms with Gasteiger partial charge in [0.1, 0.15) is 11.3 Å². The second kappa shape index (κ2) is 5.11. The molecule has 1 aromatic heterocycles. The first-order chi connectivity index (χ1) is 10.5. The van der Waals surface area contributed by atoms with Crippen molar-refractivity contribution in [2.45, 2.75) is 13.3 Å². The molecule has 0 atom stereocenters. The van der Waals surface area contributed by atoms with Gasteiger partial charge < -0.3 is 9.52 Å². The molecule has 5 heteroatoms. The number of carbonyl (C=O) groups is 2. The summed E-state index contributed by atoms with van der Waals surface area (Å²) < 4.78 is 5.15. The van der Waals surface area contributed by atoms with Crippen molar-refractivity contribution in [2.75, 3.05) is 0 Å². The van der Waals surface area contributed by atoms with E-state index in [1.807, 2.05) is 0 Å². The molecule has 1 aliphatic rings. The Hall–Kier alpha value is -2.95. The maximum Gasteiger partial charge on any atom is 0.343 e. The first-order valence-corrected chi connectivity index (χ1v) is 6.68. The molecule has 1 aliphatic carbocycles. The summed E-state index contributed by atoms with van der Waals surface area (Å²) in [5, 5.41) is 10.7. The van der Waals surface area contributed by atoms with Crippen molar-refractivity contribution in [3.63, 3.8) is 0 Å². The molecule has 0 saturated heterocycles. The molecule has 0 spiro atoms. The Morgan fingerprint density at radius 1 is 1.09 bits per heavy atom. The first-order valence-electron chi connectivity index (χ1n) is 6.68. The van der Waals surface area contributed by atoms with Gasteiger partial charge in [0.25, 0.3) is 0 Å². The molecule has 1 heterocycles. The SMILES string of the molecule is CC1=CC(=O)C=C(Cc2c(O)c3ccccc3oc2=O)C1=O. The lowest BCUT2D eigenvalue weighted by Gasteiger charge is -2.11. The van der Waals surface area contributed by atoms with Crippen molar-refractivity contribution in [3.8, 4) is 5.75 Å². The largest absolute Gasteiger partial charge is 0.507 e. The number of para-hydroxylation sites is 1. The van der Waals surface area contributed by atoms with Crippen LogP contribution >= 0.6 is 0 Å². The van der Waals surface area contributed by atoms with Crippen molar-refractivity contribution in [1.29, 1.82) is 0 Å². The van der Waals surface area contributed by atoms with Gasteiger partial charge in [-0.2, -0.15) is 0 Å². The van der Waals surface area contributed by atoms with Crippen LogP contribution < -0.4 is 5.63 Å². The molecule has 5 nitrogen and oxygen atoms in total. The number of aromatic hydroxyl groups is 1. The Balaban J connectivity index is 2.10. The van der Waals surface area contributed by atoms with E-state index >= 15 is 0 Å². The predicted octanol–water partition coefficient (Wildman–Crippen LogP) is 2.07. The molecule has 1 N–H and O–H groups in total. The lowest BCUT2D eigenvalue weighted by Crippen LogP contribution is -2.17. The number of benzene rings is 1. The average molecular weight is 296 g/mol. The number of rotatable bonds is 2. The molecule has 22 heavy (non-hydrogen) atoms. The minimum atomic E-state index is -0.718. The van der Waals surface area contributed by atoms with E-state index in [4.69, 9.17) is 4.42 Å². The first kappa shape index (κ1) is 14.0. The number of fused-ring (bicyclic) bond motifs is 1. The highest BCUT2D eigenvalue weighted by molar-refractivity contribution is 6.20. The second-order valence-corrected chi connectivity index (χ2v) is 5.12. The molecule has 0 amide bonds. The van der Waals surface area contributed by atoms with E-state index in [9.17, 15) is 19.5 Å². The number of hydrogen-bond donors (Lipinski definition) is 1. The zero-order valence-corrected chi connectivity index (χ0v) is 11.8. The van der Waals surface area contributed by atoms with E-state index in [1.165, 1.54) is 19.1 Å². The van der Waals surface area contributed by atoms with Gasteiger partial charge in [-0.05, 0) is 31.2 Å². The van der Waals surface area contributed by atoms with Crippen LogP contribution in [0.15, 0.2) is 56.8 Å². The molecule has 1 aromatic carbocycles. The summed E-state index contributed by atoms with van der Waals surface area (Å²) >= 11 is 0. The van der Waals surface area contributed by atoms with E-state index in [0.717, 1.165) is 0 Å². The third kappa shape index (κ3) is 2.26. The maximum atomic E-state index is 12.1. The summed E-state index contributed by atoms with van der Waals surface area (Å²) in [6, 6.07) is 6.57. The summed E-state index contributed by atoms with van der Waals surface area (Å²) in [5.74, 6) is -0.844. The molecule has 2 aromatic rings. The van der Waals surface area contributed by atoms with Crippen molar-refractivity contribution >= 4 is 22.5 Å². The van der Waals surface area contributed by atoms with Crippen LogP contribution in [0, 0.1) is 0 Å². The van der Waals surface area contributed by atoms with Crippen LogP contribution in [0.3, 0.4) is 0 Å². The minimum absolute atomic E-state index is 0.0270. The molecule has 0 fully saturated rings. The zero-order chi connectivity index (χ0) is 15.9. The Morgan fingerprint density at radius 2 is 1.82 bits per heavy atom. The van der Waals surface area contributed by atoms with Crippen molar-refractivity contribution in [2.24, 2.45) is 0 Å². The van der Waals surface area contributed by atoms with E-state index in [0.29, 0.717) is 11.0 Å². The Labute approximate surface area is 125 Å². The lowest BCUT2D eigenvalue weighted by atomic mass is 9.92. The van der Waals surface area contributed by atoms with Gasteiger partial charge in [-0.15, -0.1) is 0 Å². The lowest BCUT2D eigenvalue weighted by molar-refractivity contribution is -0.115. The Morgan fingerprint density at radius 3 is 2.59 bits per heavy atom. The molecule has 0 radical (unpaired) electrons. The summed E-state index contributed by atoms with van der Waals surface area (Å²) in [5.41, 5.74) is 0.00487. The molecule has 0 bridgehead atoms. The van der Waals surface area contributed by atoms with Gasteiger partial charge in [0, 0.05) is 17.6 Å². The van der Waals surface area contributed by atoms with E-state index < -0.39 is 5.63 Å². The molecule has 0 aliphatic heterocycles. The number of carbonyl (C=O) groups excluding carboxylic acids is 2. The van der Waals surface area contributed by atoms with E-state index in [2.05, 4.69) is 0 Å². The Kier molecular flexibility index (Phi) is 3.25. The minimum Gasteiger partial charge on any atom is -0.507 e. The highest BCUT2D eigenvalue weighted by atomic mass is 16.4. The third-order valence-electron chi connectivity index (χ3n) is 3.57. The highest BCUT2D eigenvalue weighted by Gasteiger charge is 2.22. The van der Waals surface area contributed by atoms with Gasteiger partial charge in [-0.25, -0.2) is 4.79 Å². The van der Waals surface area contributed by atoms with Crippen LogP contribution in [0.25, 0.3) is 11.0 Å². The molecule has 3 rings (SSSR count). The van der Waals surface area contributed by atoms with E-state index in [-0.39, 0.29) is 40.5 Å². The average Bonchev–Trinajstić information content (AvgIpc) is 2.48. The van der Waals surface area contributed by atoms with Gasteiger partial charge in [0.2, 0.25) is 0 Å². The molecular weight excluding hydrogens is 284 g/mol. The topological polar surface area (TPSA) is 84.6 Å². The van der Waals surface area contributed by atoms with Crippen LogP contribution in [-0.2, 0) is 16.0 Å². The zero-order valence-electron chi connectivity index (χ0n) is 11.8. The van der Waals surface area contributed by atoms with Gasteiger partial charge in [-0.3, -0.25) is 9.59 Å². The third-order valence-corrected chi connectivity index (χ3v) is 3.57. The van der Waals surface area contributed by atoms with Crippen molar-refractivity contribution in [1.82, 2.24) is 0 Å². The normalized spacial score (nSPS) is 15.0. The molecule has 0 unspecified atom stereocenters. The number of allylic oxidation sites excluding steroid dienone is 4. The van der Waals surface area contributed by atoms with Crippen LogP contribution in [0.5, 0.6) is 5.75 Å². The van der Waals surface area contributed by atoms with Gasteiger partial charge >= 0.3 is 5.63 Å². The quantitative estimate of drug-likeness (QED) is 0.677. The van der Waals surface area contributed by atoms with Gasteiger partial charge in [0.15, 0.2) is 11.6 Å². The summed E-state index contributed by atoms with van der Waals surface area (Å²) in [4.78, 5) is 35.6. The van der Waals surface area contributed by atoms with Crippen LogP contribution in [0.1, 0.15) is 12.5 Å². The van der Waals surface area contributed by atoms with E-state index in [1.54, 1.807) is 24.3 Å².